The van der Waals surface area contributed by atoms with Crippen LogP contribution in [0.2, 0.25) is 0 Å². The van der Waals surface area contributed by atoms with E-state index in [1.54, 1.807) is 11.3 Å². The van der Waals surface area contributed by atoms with Gasteiger partial charge in [0.2, 0.25) is 0 Å². The van der Waals surface area contributed by atoms with E-state index < -0.39 is 0 Å². The van der Waals surface area contributed by atoms with Crippen molar-refractivity contribution in [1.82, 2.24) is 14.9 Å². The molecule has 3 rings (SSSR count). The lowest BCUT2D eigenvalue weighted by Crippen LogP contribution is -2.23. The normalized spacial score (nSPS) is 20.8. The summed E-state index contributed by atoms with van der Waals surface area (Å²) in [5.74, 6) is 0. The largest absolute Gasteiger partial charge is 0.289 e. The quantitative estimate of drug-likeness (QED) is 0.832. The second-order valence-electron chi connectivity index (χ2n) is 4.36. The van der Waals surface area contributed by atoms with Crippen molar-refractivity contribution in [2.75, 3.05) is 6.54 Å². The Kier molecular flexibility index (Phi) is 3.16. The minimum atomic E-state index is 0.470. The van der Waals surface area contributed by atoms with E-state index in [-0.39, 0.29) is 0 Å². The molecule has 0 spiro atoms. The fourth-order valence-electron chi connectivity index (χ4n) is 2.45. The number of hydrogen-bond acceptors (Lipinski definition) is 4. The number of nitrogens with zero attached hydrogens (tertiary/aromatic N) is 3. The van der Waals surface area contributed by atoms with E-state index in [1.807, 2.05) is 17.8 Å². The summed E-state index contributed by atoms with van der Waals surface area (Å²) in [6.07, 6.45) is 4.35. The summed E-state index contributed by atoms with van der Waals surface area (Å²) in [6.45, 7) is 2.10. The predicted molar refractivity (Wildman–Crippen MR) is 68.7 cm³/mol. The molecule has 4 heteroatoms. The van der Waals surface area contributed by atoms with E-state index in [0.717, 1.165) is 13.1 Å². The molecule has 3 heterocycles. The molecular weight excluding hydrogens is 230 g/mol. The zero-order valence-corrected chi connectivity index (χ0v) is 10.4. The molecule has 0 radical (unpaired) electrons. The maximum absolute atomic E-state index is 4.48. The second kappa shape index (κ2) is 4.94. The standard InChI is InChI=1S/C13H15N3S/c1-2-6-14-12(4-1)13-5-3-7-16(13)8-11-9-17-10-15-11/h1-2,4,6,9-10,13H,3,5,7-8H2/t13-/m0/s1. The first-order chi connectivity index (χ1) is 8.43. The van der Waals surface area contributed by atoms with Crippen molar-refractivity contribution in [3.05, 3.63) is 46.7 Å². The Bertz CT molecular complexity index is 455. The lowest BCUT2D eigenvalue weighted by molar-refractivity contribution is 0.242. The number of thiazole rings is 1. The van der Waals surface area contributed by atoms with Gasteiger partial charge in [0.25, 0.3) is 0 Å². The molecule has 1 aliphatic rings. The van der Waals surface area contributed by atoms with Gasteiger partial charge in [-0.05, 0) is 31.5 Å². The number of pyridine rings is 1. The molecule has 1 saturated heterocycles. The molecule has 2 aromatic rings. The minimum absolute atomic E-state index is 0.470. The van der Waals surface area contributed by atoms with Crippen molar-refractivity contribution < 1.29 is 0 Å². The van der Waals surface area contributed by atoms with E-state index >= 15 is 0 Å². The Morgan fingerprint density at radius 1 is 1.35 bits per heavy atom. The third kappa shape index (κ3) is 2.37. The highest BCUT2D eigenvalue weighted by Crippen LogP contribution is 2.31. The lowest BCUT2D eigenvalue weighted by Gasteiger charge is -2.22. The molecule has 0 aromatic carbocycles. The van der Waals surface area contributed by atoms with Crippen LogP contribution >= 0.6 is 11.3 Å². The van der Waals surface area contributed by atoms with Crippen LogP contribution in [0.1, 0.15) is 30.3 Å². The van der Waals surface area contributed by atoms with Gasteiger partial charge in [0.1, 0.15) is 0 Å². The van der Waals surface area contributed by atoms with Gasteiger partial charge in [0.05, 0.1) is 22.9 Å². The van der Waals surface area contributed by atoms with Crippen molar-refractivity contribution in [2.24, 2.45) is 0 Å². The predicted octanol–water partition coefficient (Wildman–Crippen LogP) is 2.88. The van der Waals surface area contributed by atoms with Crippen molar-refractivity contribution >= 4 is 11.3 Å². The molecule has 3 nitrogen and oxygen atoms in total. The van der Waals surface area contributed by atoms with Crippen LogP contribution in [-0.4, -0.2) is 21.4 Å². The van der Waals surface area contributed by atoms with Crippen LogP contribution in [0.3, 0.4) is 0 Å². The molecule has 17 heavy (non-hydrogen) atoms. The van der Waals surface area contributed by atoms with Gasteiger partial charge in [-0.2, -0.15) is 0 Å². The van der Waals surface area contributed by atoms with Crippen LogP contribution < -0.4 is 0 Å². The maximum Gasteiger partial charge on any atom is 0.0795 e. The molecule has 88 valence electrons. The van der Waals surface area contributed by atoms with E-state index in [1.165, 1.54) is 24.2 Å². The Morgan fingerprint density at radius 3 is 3.12 bits per heavy atom. The molecule has 0 bridgehead atoms. The minimum Gasteiger partial charge on any atom is -0.289 e. The molecule has 0 aliphatic carbocycles. The first-order valence-corrected chi connectivity index (χ1v) is 6.90. The number of hydrogen-bond donors (Lipinski definition) is 0. The number of rotatable bonds is 3. The van der Waals surface area contributed by atoms with Crippen LogP contribution in [0.5, 0.6) is 0 Å². The zero-order valence-electron chi connectivity index (χ0n) is 9.62. The van der Waals surface area contributed by atoms with Crippen LogP contribution in [0.15, 0.2) is 35.3 Å². The van der Waals surface area contributed by atoms with Crippen molar-refractivity contribution in [3.63, 3.8) is 0 Å². The van der Waals surface area contributed by atoms with Gasteiger partial charge in [-0.3, -0.25) is 9.88 Å². The van der Waals surface area contributed by atoms with Gasteiger partial charge in [-0.25, -0.2) is 4.98 Å². The van der Waals surface area contributed by atoms with Crippen LogP contribution in [0.4, 0.5) is 0 Å². The van der Waals surface area contributed by atoms with Gasteiger partial charge in [0, 0.05) is 18.1 Å². The van der Waals surface area contributed by atoms with Crippen molar-refractivity contribution in [1.29, 1.82) is 0 Å². The molecule has 2 aromatic heterocycles. The lowest BCUT2D eigenvalue weighted by atomic mass is 10.1. The summed E-state index contributed by atoms with van der Waals surface area (Å²) < 4.78 is 0. The highest BCUT2D eigenvalue weighted by atomic mass is 32.1. The molecule has 1 fully saturated rings. The number of aromatic nitrogens is 2. The van der Waals surface area contributed by atoms with Gasteiger partial charge < -0.3 is 0 Å². The molecule has 1 aliphatic heterocycles. The molecule has 0 unspecified atom stereocenters. The van der Waals surface area contributed by atoms with E-state index in [4.69, 9.17) is 0 Å². The molecule has 0 amide bonds. The topological polar surface area (TPSA) is 29.0 Å². The average molecular weight is 245 g/mol. The first-order valence-electron chi connectivity index (χ1n) is 5.95. The third-order valence-corrected chi connectivity index (χ3v) is 3.88. The summed E-state index contributed by atoms with van der Waals surface area (Å²) in [4.78, 5) is 11.3. The van der Waals surface area contributed by atoms with Crippen LogP contribution in [0.25, 0.3) is 0 Å². The summed E-state index contributed by atoms with van der Waals surface area (Å²) >= 11 is 1.67. The Hall–Kier alpha value is -1.26. The maximum atomic E-state index is 4.48. The smallest absolute Gasteiger partial charge is 0.0795 e. The highest BCUT2D eigenvalue weighted by molar-refractivity contribution is 7.07. The van der Waals surface area contributed by atoms with E-state index in [9.17, 15) is 0 Å². The summed E-state index contributed by atoms with van der Waals surface area (Å²) in [6, 6.07) is 6.65. The summed E-state index contributed by atoms with van der Waals surface area (Å²) in [5, 5.41) is 2.13. The van der Waals surface area contributed by atoms with Gasteiger partial charge in [-0.1, -0.05) is 6.07 Å². The Balaban J connectivity index is 1.76. The second-order valence-corrected chi connectivity index (χ2v) is 5.08. The summed E-state index contributed by atoms with van der Waals surface area (Å²) in [7, 11) is 0. The van der Waals surface area contributed by atoms with Crippen molar-refractivity contribution in [3.8, 4) is 0 Å². The van der Waals surface area contributed by atoms with Gasteiger partial charge >= 0.3 is 0 Å². The fourth-order valence-corrected chi connectivity index (χ4v) is 3.00. The highest BCUT2D eigenvalue weighted by Gasteiger charge is 2.26. The Labute approximate surface area is 105 Å². The molecule has 1 atom stereocenters. The van der Waals surface area contributed by atoms with Gasteiger partial charge in [0.15, 0.2) is 0 Å². The van der Waals surface area contributed by atoms with Gasteiger partial charge in [-0.15, -0.1) is 11.3 Å². The first kappa shape index (κ1) is 10.9. The molecular formula is C13H15N3S. The SMILES string of the molecule is c1ccc([C@@H]2CCCN2Cc2cscn2)nc1. The summed E-state index contributed by atoms with van der Waals surface area (Å²) in [5.41, 5.74) is 4.28. The fraction of sp³-hybridized carbons (Fsp3) is 0.385. The monoisotopic (exact) mass is 245 g/mol. The van der Waals surface area contributed by atoms with Crippen molar-refractivity contribution in [2.45, 2.75) is 25.4 Å². The average Bonchev–Trinajstić information content (AvgIpc) is 3.02. The molecule has 0 saturated carbocycles. The zero-order chi connectivity index (χ0) is 11.5. The van der Waals surface area contributed by atoms with E-state index in [0.29, 0.717) is 6.04 Å². The number of likely N-dealkylation sites (tertiary alicyclic amines) is 1. The Morgan fingerprint density at radius 2 is 2.35 bits per heavy atom. The third-order valence-electron chi connectivity index (χ3n) is 3.24. The van der Waals surface area contributed by atoms with E-state index in [2.05, 4.69) is 32.4 Å². The molecule has 0 N–H and O–H groups in total. The van der Waals surface area contributed by atoms with Crippen LogP contribution in [0, 0.1) is 0 Å². The van der Waals surface area contributed by atoms with Crippen LogP contribution in [-0.2, 0) is 6.54 Å².